The number of carbonyl (C=O) groups is 1. The minimum absolute atomic E-state index is 0.0874. The lowest BCUT2D eigenvalue weighted by atomic mass is 9.93. The van der Waals surface area contributed by atoms with Gasteiger partial charge in [0.15, 0.2) is 0 Å². The highest BCUT2D eigenvalue weighted by Gasteiger charge is 2.32. The Bertz CT molecular complexity index is 530. The van der Waals surface area contributed by atoms with E-state index in [1.165, 1.54) is 0 Å². The Labute approximate surface area is 117 Å². The van der Waals surface area contributed by atoms with Gasteiger partial charge in [-0.2, -0.15) is 5.10 Å². The van der Waals surface area contributed by atoms with Crippen LogP contribution in [0.4, 0.5) is 11.5 Å². The van der Waals surface area contributed by atoms with Gasteiger partial charge in [-0.3, -0.25) is 14.9 Å². The number of ketones is 1. The molecule has 0 bridgehead atoms. The Morgan fingerprint density at radius 2 is 2.05 bits per heavy atom. The minimum Gasteiger partial charge on any atom is -0.351 e. The summed E-state index contributed by atoms with van der Waals surface area (Å²) in [6.07, 6.45) is 1.50. The molecule has 20 heavy (non-hydrogen) atoms. The second kappa shape index (κ2) is 5.60. The molecule has 2 heterocycles. The van der Waals surface area contributed by atoms with Crippen molar-refractivity contribution >= 4 is 17.3 Å². The minimum atomic E-state index is -0.360. The number of anilines is 1. The number of rotatable bonds is 4. The number of nitrogens with zero attached hydrogens (tertiary/aromatic N) is 4. The lowest BCUT2D eigenvalue weighted by molar-refractivity contribution is -0.384. The van der Waals surface area contributed by atoms with Crippen molar-refractivity contribution in [2.75, 3.05) is 18.0 Å². The fourth-order valence-electron chi connectivity index (χ4n) is 2.80. The van der Waals surface area contributed by atoms with E-state index >= 15 is 0 Å². The molecule has 0 aliphatic carbocycles. The van der Waals surface area contributed by atoms with Crippen LogP contribution in [0.2, 0.25) is 0 Å². The normalized spacial score (nSPS) is 16.4. The molecule has 1 aromatic heterocycles. The molecule has 0 unspecified atom stereocenters. The monoisotopic (exact) mass is 280 g/mol. The molecule has 1 saturated heterocycles. The molecule has 1 aliphatic rings. The SMILES string of the molecule is CCn1nc(C)c([N+](=O)[O-])c1N1CCC(C(C)=O)CC1. The van der Waals surface area contributed by atoms with Crippen LogP contribution < -0.4 is 4.90 Å². The maximum Gasteiger partial charge on any atom is 0.333 e. The van der Waals surface area contributed by atoms with Gasteiger partial charge in [-0.1, -0.05) is 0 Å². The number of hydrogen-bond acceptors (Lipinski definition) is 5. The van der Waals surface area contributed by atoms with Crippen LogP contribution in [0, 0.1) is 23.0 Å². The summed E-state index contributed by atoms with van der Waals surface area (Å²) in [7, 11) is 0. The lowest BCUT2D eigenvalue weighted by Crippen LogP contribution is -2.37. The molecule has 1 aliphatic heterocycles. The van der Waals surface area contributed by atoms with Crippen molar-refractivity contribution < 1.29 is 9.72 Å². The molecule has 0 aromatic carbocycles. The van der Waals surface area contributed by atoms with E-state index in [1.807, 2.05) is 11.8 Å². The van der Waals surface area contributed by atoms with Gasteiger partial charge in [-0.05, 0) is 33.6 Å². The summed E-state index contributed by atoms with van der Waals surface area (Å²) in [5.74, 6) is 0.876. The fourth-order valence-corrected chi connectivity index (χ4v) is 2.80. The summed E-state index contributed by atoms with van der Waals surface area (Å²) in [6, 6.07) is 0. The number of hydrogen-bond donors (Lipinski definition) is 0. The van der Waals surface area contributed by atoms with E-state index in [1.54, 1.807) is 18.5 Å². The smallest absolute Gasteiger partial charge is 0.333 e. The lowest BCUT2D eigenvalue weighted by Gasteiger charge is -2.31. The van der Waals surface area contributed by atoms with Crippen LogP contribution in [0.15, 0.2) is 0 Å². The quantitative estimate of drug-likeness (QED) is 0.621. The Morgan fingerprint density at radius 1 is 1.45 bits per heavy atom. The van der Waals surface area contributed by atoms with E-state index in [0.717, 1.165) is 12.8 Å². The van der Waals surface area contributed by atoms with Crippen LogP contribution in [-0.4, -0.2) is 33.6 Å². The second-order valence-corrected chi connectivity index (χ2v) is 5.20. The highest BCUT2D eigenvalue weighted by atomic mass is 16.6. The molecular formula is C13H20N4O3. The molecule has 110 valence electrons. The van der Waals surface area contributed by atoms with Crippen molar-refractivity contribution in [3.05, 3.63) is 15.8 Å². The van der Waals surface area contributed by atoms with Crippen molar-refractivity contribution in [3.8, 4) is 0 Å². The molecule has 0 amide bonds. The third kappa shape index (κ3) is 2.52. The Kier molecular flexibility index (Phi) is 4.06. The molecule has 7 nitrogen and oxygen atoms in total. The van der Waals surface area contributed by atoms with Crippen LogP contribution in [0.3, 0.4) is 0 Å². The first-order chi connectivity index (χ1) is 9.45. The topological polar surface area (TPSA) is 81.3 Å². The Hall–Kier alpha value is -1.92. The van der Waals surface area contributed by atoms with Gasteiger partial charge < -0.3 is 4.90 Å². The van der Waals surface area contributed by atoms with Crippen molar-refractivity contribution in [1.29, 1.82) is 0 Å². The average molecular weight is 280 g/mol. The molecule has 0 saturated carbocycles. The van der Waals surface area contributed by atoms with Crippen LogP contribution in [0.1, 0.15) is 32.4 Å². The predicted molar refractivity (Wildman–Crippen MR) is 74.9 cm³/mol. The van der Waals surface area contributed by atoms with Crippen LogP contribution in [0.5, 0.6) is 0 Å². The summed E-state index contributed by atoms with van der Waals surface area (Å²) >= 11 is 0. The first kappa shape index (κ1) is 14.5. The largest absolute Gasteiger partial charge is 0.351 e. The first-order valence-electron chi connectivity index (χ1n) is 6.92. The van der Waals surface area contributed by atoms with Crippen molar-refractivity contribution in [1.82, 2.24) is 9.78 Å². The molecule has 7 heteroatoms. The third-order valence-electron chi connectivity index (χ3n) is 3.92. The standard InChI is InChI=1S/C13H20N4O3/c1-4-16-13(12(17(19)20)9(2)14-16)15-7-5-11(6-8-15)10(3)18/h11H,4-8H2,1-3H3. The average Bonchev–Trinajstić information content (AvgIpc) is 2.75. The highest BCUT2D eigenvalue weighted by molar-refractivity contribution is 5.78. The fraction of sp³-hybridized carbons (Fsp3) is 0.692. The van der Waals surface area contributed by atoms with E-state index in [9.17, 15) is 14.9 Å². The van der Waals surface area contributed by atoms with E-state index in [4.69, 9.17) is 0 Å². The van der Waals surface area contributed by atoms with E-state index in [0.29, 0.717) is 31.1 Å². The number of carbonyl (C=O) groups excluding carboxylic acids is 1. The molecule has 0 spiro atoms. The number of piperidine rings is 1. The molecule has 1 aromatic rings. The van der Waals surface area contributed by atoms with Gasteiger partial charge in [0.2, 0.25) is 5.82 Å². The molecule has 0 radical (unpaired) electrons. The van der Waals surface area contributed by atoms with Gasteiger partial charge in [-0.15, -0.1) is 0 Å². The van der Waals surface area contributed by atoms with Gasteiger partial charge in [0.1, 0.15) is 11.5 Å². The number of nitro groups is 1. The maximum atomic E-state index is 11.4. The second-order valence-electron chi connectivity index (χ2n) is 5.20. The maximum absolute atomic E-state index is 11.4. The van der Waals surface area contributed by atoms with E-state index in [2.05, 4.69) is 5.10 Å². The Morgan fingerprint density at radius 3 is 2.50 bits per heavy atom. The van der Waals surface area contributed by atoms with Crippen LogP contribution in [0.25, 0.3) is 0 Å². The van der Waals surface area contributed by atoms with E-state index in [-0.39, 0.29) is 22.3 Å². The van der Waals surface area contributed by atoms with Gasteiger partial charge in [0, 0.05) is 25.6 Å². The van der Waals surface area contributed by atoms with Crippen LogP contribution >= 0.6 is 0 Å². The molecule has 0 N–H and O–H groups in total. The number of aryl methyl sites for hydroxylation is 2. The van der Waals surface area contributed by atoms with Crippen molar-refractivity contribution in [2.45, 2.75) is 40.2 Å². The van der Waals surface area contributed by atoms with Gasteiger partial charge in [0.05, 0.1) is 4.92 Å². The highest BCUT2D eigenvalue weighted by Crippen LogP contribution is 2.34. The summed E-state index contributed by atoms with van der Waals surface area (Å²) < 4.78 is 1.68. The first-order valence-corrected chi connectivity index (χ1v) is 6.92. The molecule has 2 rings (SSSR count). The third-order valence-corrected chi connectivity index (χ3v) is 3.92. The Balaban J connectivity index is 2.29. The van der Waals surface area contributed by atoms with Gasteiger partial charge in [0.25, 0.3) is 0 Å². The van der Waals surface area contributed by atoms with Crippen molar-refractivity contribution in [3.63, 3.8) is 0 Å². The molecular weight excluding hydrogens is 260 g/mol. The zero-order valence-corrected chi connectivity index (χ0v) is 12.1. The zero-order valence-electron chi connectivity index (χ0n) is 12.1. The predicted octanol–water partition coefficient (Wildman–Crippen LogP) is 1.93. The van der Waals surface area contributed by atoms with E-state index < -0.39 is 0 Å². The molecule has 0 atom stereocenters. The summed E-state index contributed by atoms with van der Waals surface area (Å²) in [5.41, 5.74) is 0.536. The van der Waals surface area contributed by atoms with Gasteiger partial charge in [-0.25, -0.2) is 4.68 Å². The zero-order chi connectivity index (χ0) is 14.9. The van der Waals surface area contributed by atoms with Crippen molar-refractivity contribution in [2.24, 2.45) is 5.92 Å². The summed E-state index contributed by atoms with van der Waals surface area (Å²) in [4.78, 5) is 24.3. The summed E-state index contributed by atoms with van der Waals surface area (Å²) in [6.45, 7) is 7.12. The van der Waals surface area contributed by atoms with Crippen LogP contribution in [-0.2, 0) is 11.3 Å². The van der Waals surface area contributed by atoms with Gasteiger partial charge >= 0.3 is 5.69 Å². The number of Topliss-reactive ketones (excluding diaryl/α,β-unsaturated/α-hetero) is 1. The summed E-state index contributed by atoms with van der Waals surface area (Å²) in [5, 5.41) is 15.5. The number of aromatic nitrogens is 2. The molecule has 1 fully saturated rings.